The zero-order valence-corrected chi connectivity index (χ0v) is 16.6. The van der Waals surface area contributed by atoms with Gasteiger partial charge in [-0.15, -0.1) is 0 Å². The van der Waals surface area contributed by atoms with Crippen molar-refractivity contribution in [3.8, 4) is 0 Å². The Morgan fingerprint density at radius 2 is 1.76 bits per heavy atom. The molecular formula is C19H20F3N3O3S. The van der Waals surface area contributed by atoms with E-state index in [0.29, 0.717) is 12.1 Å². The maximum Gasteiger partial charge on any atom is 0.417 e. The molecule has 0 aromatic heterocycles. The molecule has 29 heavy (non-hydrogen) atoms. The summed E-state index contributed by atoms with van der Waals surface area (Å²) in [5.41, 5.74) is 2.05. The number of halogens is 3. The van der Waals surface area contributed by atoms with Crippen LogP contribution in [0.4, 0.5) is 18.9 Å². The molecule has 0 radical (unpaired) electrons. The average Bonchev–Trinajstić information content (AvgIpc) is 2.65. The highest BCUT2D eigenvalue weighted by Crippen LogP contribution is 2.31. The van der Waals surface area contributed by atoms with E-state index in [4.69, 9.17) is 0 Å². The van der Waals surface area contributed by atoms with E-state index in [-0.39, 0.29) is 5.56 Å². The largest absolute Gasteiger partial charge is 0.417 e. The molecule has 0 unspecified atom stereocenters. The first kappa shape index (κ1) is 22.4. The fraction of sp³-hybridized carbons (Fsp3) is 0.263. The molecule has 0 fully saturated rings. The van der Waals surface area contributed by atoms with Crippen LogP contribution in [0, 0.1) is 0 Å². The maximum atomic E-state index is 13.0. The van der Waals surface area contributed by atoms with Crippen molar-refractivity contribution in [1.29, 1.82) is 0 Å². The van der Waals surface area contributed by atoms with Gasteiger partial charge in [-0.1, -0.05) is 43.3 Å². The number of nitrogens with zero attached hydrogens (tertiary/aromatic N) is 2. The smallest absolute Gasteiger partial charge is 0.271 e. The van der Waals surface area contributed by atoms with Crippen molar-refractivity contribution >= 4 is 27.8 Å². The molecule has 2 rings (SSSR count). The van der Waals surface area contributed by atoms with Gasteiger partial charge < -0.3 is 0 Å². The van der Waals surface area contributed by atoms with E-state index in [1.165, 1.54) is 18.2 Å². The van der Waals surface area contributed by atoms with Gasteiger partial charge >= 0.3 is 6.18 Å². The highest BCUT2D eigenvalue weighted by molar-refractivity contribution is 7.92. The Hall–Kier alpha value is -2.88. The Labute approximate surface area is 167 Å². The minimum atomic E-state index is -4.57. The monoisotopic (exact) mass is 427 g/mol. The van der Waals surface area contributed by atoms with Gasteiger partial charge in [0.05, 0.1) is 23.7 Å². The van der Waals surface area contributed by atoms with Gasteiger partial charge in [0.1, 0.15) is 6.54 Å². The molecule has 2 aromatic rings. The van der Waals surface area contributed by atoms with E-state index < -0.39 is 34.2 Å². The Morgan fingerprint density at radius 3 is 2.38 bits per heavy atom. The lowest BCUT2D eigenvalue weighted by atomic mass is 10.1. The summed E-state index contributed by atoms with van der Waals surface area (Å²) in [6, 6.07) is 11.5. The standard InChI is InChI=1S/C19H20F3N3O3S/c1-3-14-8-5-7-11-17(14)25(29(2,27)28)13-18(26)24-23-12-15-9-4-6-10-16(15)19(20,21)22/h4-12H,3,13H2,1-2H3,(H,24,26). The first-order valence-electron chi connectivity index (χ1n) is 8.57. The van der Waals surface area contributed by atoms with Crippen LogP contribution in [-0.4, -0.2) is 33.3 Å². The van der Waals surface area contributed by atoms with Crippen molar-refractivity contribution in [2.45, 2.75) is 19.5 Å². The molecular weight excluding hydrogens is 407 g/mol. The summed E-state index contributed by atoms with van der Waals surface area (Å²) in [6.45, 7) is 1.29. The number of carbonyl (C=O) groups excluding carboxylic acids is 1. The van der Waals surface area contributed by atoms with Crippen LogP contribution in [0.2, 0.25) is 0 Å². The predicted octanol–water partition coefficient (Wildman–Crippen LogP) is 3.18. The SMILES string of the molecule is CCc1ccccc1N(CC(=O)NN=Cc1ccccc1C(F)(F)F)S(C)(=O)=O. The van der Waals surface area contributed by atoms with Gasteiger partial charge in [0.15, 0.2) is 0 Å². The van der Waals surface area contributed by atoms with Gasteiger partial charge in [0, 0.05) is 5.56 Å². The molecule has 1 amide bonds. The lowest BCUT2D eigenvalue weighted by molar-refractivity contribution is -0.137. The van der Waals surface area contributed by atoms with Crippen LogP contribution in [0.15, 0.2) is 53.6 Å². The number of rotatable bonds is 7. The van der Waals surface area contributed by atoms with Crippen molar-refractivity contribution in [1.82, 2.24) is 5.43 Å². The second-order valence-electron chi connectivity index (χ2n) is 6.13. The van der Waals surface area contributed by atoms with Crippen LogP contribution in [0.1, 0.15) is 23.6 Å². The summed E-state index contributed by atoms with van der Waals surface area (Å²) in [5.74, 6) is -0.790. The molecule has 10 heteroatoms. The molecule has 0 aliphatic rings. The summed E-state index contributed by atoms with van der Waals surface area (Å²) < 4.78 is 64.2. The number of hydrogen-bond donors (Lipinski definition) is 1. The number of hydrogen-bond acceptors (Lipinski definition) is 4. The van der Waals surface area contributed by atoms with Gasteiger partial charge in [-0.25, -0.2) is 13.8 Å². The Bertz CT molecular complexity index is 1000. The third-order valence-electron chi connectivity index (χ3n) is 3.99. The van der Waals surface area contributed by atoms with Gasteiger partial charge in [0.25, 0.3) is 5.91 Å². The molecule has 2 aromatic carbocycles. The highest BCUT2D eigenvalue weighted by atomic mass is 32.2. The lowest BCUT2D eigenvalue weighted by Crippen LogP contribution is -2.39. The third-order valence-corrected chi connectivity index (χ3v) is 5.11. The number of aryl methyl sites for hydroxylation is 1. The van der Waals surface area contributed by atoms with Crippen LogP contribution < -0.4 is 9.73 Å². The van der Waals surface area contributed by atoms with Crippen LogP contribution in [0.3, 0.4) is 0 Å². The minimum absolute atomic E-state index is 0.225. The van der Waals surface area contributed by atoms with Crippen LogP contribution in [0.5, 0.6) is 0 Å². The van der Waals surface area contributed by atoms with E-state index >= 15 is 0 Å². The third kappa shape index (κ3) is 6.05. The van der Waals surface area contributed by atoms with Crippen molar-refractivity contribution < 1.29 is 26.4 Å². The van der Waals surface area contributed by atoms with E-state index in [0.717, 1.165) is 28.4 Å². The molecule has 0 spiro atoms. The number of amides is 1. The van der Waals surface area contributed by atoms with E-state index in [1.54, 1.807) is 24.3 Å². The molecule has 0 bridgehead atoms. The van der Waals surface area contributed by atoms with Crippen molar-refractivity contribution in [2.24, 2.45) is 5.10 Å². The van der Waals surface area contributed by atoms with E-state index in [1.807, 2.05) is 6.92 Å². The van der Waals surface area contributed by atoms with Crippen LogP contribution in [0.25, 0.3) is 0 Å². The summed E-state index contributed by atoms with van der Waals surface area (Å²) in [5, 5.41) is 3.54. The molecule has 1 N–H and O–H groups in total. The van der Waals surface area contributed by atoms with Gasteiger partial charge in [-0.2, -0.15) is 18.3 Å². The first-order valence-corrected chi connectivity index (χ1v) is 10.4. The number of para-hydroxylation sites is 1. The summed E-state index contributed by atoms with van der Waals surface area (Å²) in [4.78, 5) is 12.2. The second-order valence-corrected chi connectivity index (χ2v) is 8.04. The average molecular weight is 427 g/mol. The molecule has 0 aliphatic heterocycles. The summed E-state index contributed by atoms with van der Waals surface area (Å²) >= 11 is 0. The van der Waals surface area contributed by atoms with E-state index in [9.17, 15) is 26.4 Å². The fourth-order valence-electron chi connectivity index (χ4n) is 2.64. The zero-order chi connectivity index (χ0) is 21.7. The van der Waals surface area contributed by atoms with Crippen molar-refractivity contribution in [3.63, 3.8) is 0 Å². The number of benzene rings is 2. The van der Waals surface area contributed by atoms with Gasteiger partial charge in [-0.3, -0.25) is 9.10 Å². The molecule has 0 aliphatic carbocycles. The summed E-state index contributed by atoms with van der Waals surface area (Å²) in [7, 11) is -3.78. The quantitative estimate of drug-likeness (QED) is 0.545. The molecule has 156 valence electrons. The molecule has 0 saturated heterocycles. The van der Waals surface area contributed by atoms with E-state index in [2.05, 4.69) is 10.5 Å². The molecule has 6 nitrogen and oxygen atoms in total. The molecule has 0 heterocycles. The fourth-order valence-corrected chi connectivity index (χ4v) is 3.53. The maximum absolute atomic E-state index is 13.0. The van der Waals surface area contributed by atoms with Gasteiger partial charge in [-0.05, 0) is 24.1 Å². The number of hydrazone groups is 1. The predicted molar refractivity (Wildman–Crippen MR) is 105 cm³/mol. The Kier molecular flexibility index (Phi) is 7.02. The highest BCUT2D eigenvalue weighted by Gasteiger charge is 2.32. The van der Waals surface area contributed by atoms with Crippen molar-refractivity contribution in [3.05, 3.63) is 65.2 Å². The summed E-state index contributed by atoms with van der Waals surface area (Å²) in [6.07, 6.45) is -2.18. The topological polar surface area (TPSA) is 78.8 Å². The minimum Gasteiger partial charge on any atom is -0.271 e. The van der Waals surface area contributed by atoms with Crippen molar-refractivity contribution in [2.75, 3.05) is 17.1 Å². The second kappa shape index (κ2) is 9.08. The Morgan fingerprint density at radius 1 is 1.14 bits per heavy atom. The Balaban J connectivity index is 2.18. The normalized spacial score (nSPS) is 12.2. The zero-order valence-electron chi connectivity index (χ0n) is 15.8. The van der Waals surface area contributed by atoms with Gasteiger partial charge in [0.2, 0.25) is 10.0 Å². The number of nitrogens with one attached hydrogen (secondary N) is 1. The molecule has 0 atom stereocenters. The number of alkyl halides is 3. The van der Waals surface area contributed by atoms with Crippen LogP contribution >= 0.6 is 0 Å². The number of sulfonamides is 1. The number of carbonyl (C=O) groups is 1. The number of anilines is 1. The van der Waals surface area contributed by atoms with Crippen LogP contribution in [-0.2, 0) is 27.4 Å². The lowest BCUT2D eigenvalue weighted by Gasteiger charge is -2.23. The molecule has 0 saturated carbocycles. The first-order chi connectivity index (χ1) is 13.5.